The number of rotatable bonds is 3. The zero-order valence-electron chi connectivity index (χ0n) is 9.05. The molecule has 0 saturated heterocycles. The summed E-state index contributed by atoms with van der Waals surface area (Å²) < 4.78 is 2.57. The molecular weight excluding hydrogens is 286 g/mol. The Morgan fingerprint density at radius 2 is 2.29 bits per heavy atom. The fourth-order valence-corrected chi connectivity index (χ4v) is 1.74. The second-order valence-electron chi connectivity index (χ2n) is 3.26. The van der Waals surface area contributed by atoms with Gasteiger partial charge in [-0.2, -0.15) is 5.10 Å². The largest absolute Gasteiger partial charge is 0.295 e. The van der Waals surface area contributed by atoms with Gasteiger partial charge in [0.25, 0.3) is 5.91 Å². The lowest BCUT2D eigenvalue weighted by Crippen LogP contribution is -2.22. The van der Waals surface area contributed by atoms with Gasteiger partial charge in [0.1, 0.15) is 0 Å². The molecule has 0 aliphatic rings. The van der Waals surface area contributed by atoms with Crippen molar-refractivity contribution in [3.05, 3.63) is 46.7 Å². The van der Waals surface area contributed by atoms with E-state index >= 15 is 0 Å². The smallest absolute Gasteiger partial charge is 0.277 e. The second-order valence-corrected chi connectivity index (χ2v) is 4.18. The van der Waals surface area contributed by atoms with Crippen molar-refractivity contribution in [2.24, 2.45) is 0 Å². The highest BCUT2D eigenvalue weighted by atomic mass is 79.9. The van der Waals surface area contributed by atoms with Crippen molar-refractivity contribution in [2.45, 2.75) is 0 Å². The fourth-order valence-electron chi connectivity index (χ4n) is 1.35. The number of carbonyl (C=O) groups excluding carboxylic acids is 1. The van der Waals surface area contributed by atoms with Gasteiger partial charge >= 0.3 is 0 Å². The van der Waals surface area contributed by atoms with Crippen molar-refractivity contribution in [2.75, 3.05) is 7.11 Å². The van der Waals surface area contributed by atoms with Crippen LogP contribution in [0.2, 0.25) is 0 Å². The molecule has 88 valence electrons. The van der Waals surface area contributed by atoms with E-state index in [0.29, 0.717) is 5.69 Å². The first-order valence-corrected chi connectivity index (χ1v) is 5.65. The lowest BCUT2D eigenvalue weighted by Gasteiger charge is -2.01. The molecule has 0 atom stereocenters. The number of nitrogens with zero attached hydrogens (tertiary/aromatic N) is 2. The Kier molecular flexibility index (Phi) is 3.55. The third kappa shape index (κ3) is 2.72. The Labute approximate surface area is 106 Å². The molecule has 0 bridgehead atoms. The average molecular weight is 296 g/mol. The topological polar surface area (TPSA) is 56.1 Å². The molecule has 0 radical (unpaired) electrons. The number of benzene rings is 1. The van der Waals surface area contributed by atoms with E-state index in [4.69, 9.17) is 0 Å². The Morgan fingerprint density at radius 3 is 3.00 bits per heavy atom. The molecule has 0 aliphatic carbocycles. The van der Waals surface area contributed by atoms with E-state index in [2.05, 4.69) is 31.3 Å². The normalized spacial score (nSPS) is 10.2. The van der Waals surface area contributed by atoms with Crippen molar-refractivity contribution < 1.29 is 9.63 Å². The maximum Gasteiger partial charge on any atom is 0.295 e. The van der Waals surface area contributed by atoms with Crippen LogP contribution in [-0.4, -0.2) is 22.8 Å². The predicted molar refractivity (Wildman–Crippen MR) is 65.7 cm³/mol. The SMILES string of the molecule is CONC(=O)c1ccn(-c2cccc(Br)c2)n1. The molecule has 0 spiro atoms. The Hall–Kier alpha value is -1.66. The standard InChI is InChI=1S/C11H10BrN3O2/c1-17-14-11(16)10-5-6-15(13-10)9-4-2-3-8(12)7-9/h2-7H,1H3,(H,14,16). The van der Waals surface area contributed by atoms with E-state index < -0.39 is 0 Å². The first-order chi connectivity index (χ1) is 8.20. The van der Waals surface area contributed by atoms with E-state index in [1.807, 2.05) is 24.3 Å². The van der Waals surface area contributed by atoms with Crippen LogP contribution in [0.15, 0.2) is 41.0 Å². The number of aromatic nitrogens is 2. The van der Waals surface area contributed by atoms with Crippen molar-refractivity contribution in [1.82, 2.24) is 15.3 Å². The van der Waals surface area contributed by atoms with Gasteiger partial charge in [-0.25, -0.2) is 10.2 Å². The van der Waals surface area contributed by atoms with Crippen LogP contribution in [-0.2, 0) is 4.84 Å². The minimum atomic E-state index is -0.374. The van der Waals surface area contributed by atoms with E-state index in [1.54, 1.807) is 16.9 Å². The average Bonchev–Trinajstić information content (AvgIpc) is 2.78. The van der Waals surface area contributed by atoms with Crippen LogP contribution in [0.5, 0.6) is 0 Å². The maximum atomic E-state index is 11.4. The lowest BCUT2D eigenvalue weighted by atomic mass is 10.3. The monoisotopic (exact) mass is 295 g/mol. The number of carbonyl (C=O) groups is 1. The molecule has 1 N–H and O–H groups in total. The third-order valence-electron chi connectivity index (χ3n) is 2.09. The molecule has 6 heteroatoms. The van der Waals surface area contributed by atoms with Crippen LogP contribution in [0.3, 0.4) is 0 Å². The summed E-state index contributed by atoms with van der Waals surface area (Å²) >= 11 is 3.38. The third-order valence-corrected chi connectivity index (χ3v) is 2.58. The summed E-state index contributed by atoms with van der Waals surface area (Å²) in [5, 5.41) is 4.14. The summed E-state index contributed by atoms with van der Waals surface area (Å²) in [6, 6.07) is 9.25. The number of halogens is 1. The summed E-state index contributed by atoms with van der Waals surface area (Å²) in [4.78, 5) is 16.0. The lowest BCUT2D eigenvalue weighted by molar-refractivity contribution is 0.0532. The van der Waals surface area contributed by atoms with Gasteiger partial charge in [-0.15, -0.1) is 0 Å². The highest BCUT2D eigenvalue weighted by Crippen LogP contribution is 2.14. The van der Waals surface area contributed by atoms with Crippen LogP contribution in [0.1, 0.15) is 10.5 Å². The Bertz CT molecular complexity index is 539. The molecular formula is C11H10BrN3O2. The van der Waals surface area contributed by atoms with Crippen molar-refractivity contribution in [1.29, 1.82) is 0 Å². The van der Waals surface area contributed by atoms with Gasteiger partial charge in [-0.1, -0.05) is 22.0 Å². The van der Waals surface area contributed by atoms with Crippen LogP contribution < -0.4 is 5.48 Å². The first-order valence-electron chi connectivity index (χ1n) is 4.85. The minimum absolute atomic E-state index is 0.298. The van der Waals surface area contributed by atoms with E-state index in [9.17, 15) is 4.79 Å². The van der Waals surface area contributed by atoms with Gasteiger partial charge in [-0.05, 0) is 24.3 Å². The predicted octanol–water partition coefficient (Wildman–Crippen LogP) is 1.93. The van der Waals surface area contributed by atoms with Gasteiger partial charge in [0.15, 0.2) is 5.69 Å². The number of hydrogen-bond donors (Lipinski definition) is 1. The van der Waals surface area contributed by atoms with Gasteiger partial charge in [-0.3, -0.25) is 9.63 Å². The minimum Gasteiger partial charge on any atom is -0.277 e. The van der Waals surface area contributed by atoms with Crippen LogP contribution >= 0.6 is 15.9 Å². The molecule has 1 heterocycles. The summed E-state index contributed by atoms with van der Waals surface area (Å²) in [7, 11) is 1.38. The molecule has 0 fully saturated rings. The van der Waals surface area contributed by atoms with Crippen molar-refractivity contribution in [3.63, 3.8) is 0 Å². The second kappa shape index (κ2) is 5.11. The van der Waals surface area contributed by atoms with E-state index in [0.717, 1.165) is 10.2 Å². The number of amides is 1. The highest BCUT2D eigenvalue weighted by molar-refractivity contribution is 9.10. The molecule has 1 aromatic heterocycles. The van der Waals surface area contributed by atoms with E-state index in [1.165, 1.54) is 7.11 Å². The van der Waals surface area contributed by atoms with E-state index in [-0.39, 0.29) is 5.91 Å². The van der Waals surface area contributed by atoms with Gasteiger partial charge in [0, 0.05) is 10.7 Å². The van der Waals surface area contributed by atoms with Crippen molar-refractivity contribution in [3.8, 4) is 5.69 Å². The molecule has 2 rings (SSSR count). The fraction of sp³-hybridized carbons (Fsp3) is 0.0909. The number of nitrogens with one attached hydrogen (secondary N) is 1. The summed E-state index contributed by atoms with van der Waals surface area (Å²) in [5.74, 6) is -0.374. The summed E-state index contributed by atoms with van der Waals surface area (Å²) in [5.41, 5.74) is 3.38. The quantitative estimate of drug-likeness (QED) is 0.880. The van der Waals surface area contributed by atoms with Crippen LogP contribution in [0, 0.1) is 0 Å². The molecule has 5 nitrogen and oxygen atoms in total. The van der Waals surface area contributed by atoms with Crippen molar-refractivity contribution >= 4 is 21.8 Å². The Balaban J connectivity index is 2.27. The van der Waals surface area contributed by atoms with Crippen LogP contribution in [0.25, 0.3) is 5.69 Å². The zero-order chi connectivity index (χ0) is 12.3. The summed E-state index contributed by atoms with van der Waals surface area (Å²) in [6.07, 6.45) is 1.71. The molecule has 0 saturated carbocycles. The molecule has 1 amide bonds. The molecule has 17 heavy (non-hydrogen) atoms. The molecule has 0 unspecified atom stereocenters. The number of hydrogen-bond acceptors (Lipinski definition) is 3. The molecule has 2 aromatic rings. The van der Waals surface area contributed by atoms with Gasteiger partial charge in [0.2, 0.25) is 0 Å². The van der Waals surface area contributed by atoms with Gasteiger partial charge in [0.05, 0.1) is 12.8 Å². The van der Waals surface area contributed by atoms with Gasteiger partial charge < -0.3 is 0 Å². The maximum absolute atomic E-state index is 11.4. The zero-order valence-corrected chi connectivity index (χ0v) is 10.6. The molecule has 0 aliphatic heterocycles. The Morgan fingerprint density at radius 1 is 1.47 bits per heavy atom. The molecule has 1 aromatic carbocycles. The van der Waals surface area contributed by atoms with Crippen LogP contribution in [0.4, 0.5) is 0 Å². The summed E-state index contributed by atoms with van der Waals surface area (Å²) in [6.45, 7) is 0. The highest BCUT2D eigenvalue weighted by Gasteiger charge is 2.09. The first kappa shape index (κ1) is 11.8. The number of hydroxylamine groups is 1.